The van der Waals surface area contributed by atoms with E-state index in [-0.39, 0.29) is 29.6 Å². The third-order valence-corrected chi connectivity index (χ3v) is 7.86. The number of hydrogen-bond donors (Lipinski definition) is 1. The van der Waals surface area contributed by atoms with Gasteiger partial charge in [0.05, 0.1) is 29.3 Å². The number of nitrogens with zero attached hydrogens (tertiary/aromatic N) is 3. The van der Waals surface area contributed by atoms with Crippen LogP contribution in [0, 0.1) is 6.92 Å². The number of hydrogen-bond acceptors (Lipinski definition) is 6. The number of amides is 2. The van der Waals surface area contributed by atoms with Crippen molar-refractivity contribution in [2.75, 3.05) is 36.6 Å². The molecule has 5 rings (SSSR count). The van der Waals surface area contributed by atoms with Crippen LogP contribution in [0.4, 0.5) is 10.6 Å². The summed E-state index contributed by atoms with van der Waals surface area (Å²) in [6, 6.07) is 7.12. The summed E-state index contributed by atoms with van der Waals surface area (Å²) in [6.07, 6.45) is 2.29. The van der Waals surface area contributed by atoms with Gasteiger partial charge in [0.1, 0.15) is 19.0 Å². The minimum Gasteiger partial charge on any atom is -0.486 e. The van der Waals surface area contributed by atoms with E-state index in [1.165, 1.54) is 0 Å². The van der Waals surface area contributed by atoms with Crippen LogP contribution in [0.25, 0.3) is 0 Å². The Labute approximate surface area is 181 Å². The molecule has 0 aliphatic carbocycles. The number of aryl methyl sites for hydroxylation is 1. The molecule has 166 valence electrons. The zero-order valence-electron chi connectivity index (χ0n) is 17.4. The number of fused-ring (bicyclic) bond motifs is 1. The van der Waals surface area contributed by atoms with Gasteiger partial charge in [0.25, 0.3) is 0 Å². The van der Waals surface area contributed by atoms with Gasteiger partial charge in [-0.2, -0.15) is 5.10 Å². The number of aromatic nitrogens is 2. The average Bonchev–Trinajstić information content (AvgIpc) is 3.46. The van der Waals surface area contributed by atoms with Crippen LogP contribution in [-0.2, 0) is 9.84 Å². The van der Waals surface area contributed by atoms with Gasteiger partial charge in [0.15, 0.2) is 21.3 Å². The number of carbonyl (C=O) groups is 1. The van der Waals surface area contributed by atoms with E-state index in [9.17, 15) is 13.2 Å². The number of urea groups is 1. The van der Waals surface area contributed by atoms with Gasteiger partial charge >= 0.3 is 6.03 Å². The van der Waals surface area contributed by atoms with E-state index in [0.717, 1.165) is 29.8 Å². The van der Waals surface area contributed by atoms with Crippen LogP contribution in [-0.4, -0.2) is 60.4 Å². The van der Waals surface area contributed by atoms with Gasteiger partial charge < -0.3 is 14.4 Å². The molecule has 0 bridgehead atoms. The van der Waals surface area contributed by atoms with Crippen LogP contribution < -0.4 is 14.8 Å². The van der Waals surface area contributed by atoms with E-state index in [2.05, 4.69) is 10.4 Å². The second kappa shape index (κ2) is 7.74. The molecular weight excluding hydrogens is 420 g/mol. The summed E-state index contributed by atoms with van der Waals surface area (Å²) >= 11 is 0. The van der Waals surface area contributed by atoms with Gasteiger partial charge in [-0.15, -0.1) is 0 Å². The highest BCUT2D eigenvalue weighted by Crippen LogP contribution is 2.38. The predicted octanol–water partition coefficient (Wildman–Crippen LogP) is 2.69. The van der Waals surface area contributed by atoms with Crippen molar-refractivity contribution in [3.63, 3.8) is 0 Å². The van der Waals surface area contributed by atoms with Gasteiger partial charge in [-0.25, -0.2) is 17.9 Å². The zero-order valence-corrected chi connectivity index (χ0v) is 18.2. The smallest absolute Gasteiger partial charge is 0.323 e. The molecule has 9 nitrogen and oxygen atoms in total. The molecule has 2 aromatic rings. The van der Waals surface area contributed by atoms with Gasteiger partial charge in [-0.1, -0.05) is 6.07 Å². The maximum Gasteiger partial charge on any atom is 0.323 e. The third-order valence-electron chi connectivity index (χ3n) is 6.11. The molecule has 0 saturated carbocycles. The summed E-state index contributed by atoms with van der Waals surface area (Å²) in [7, 11) is -3.05. The monoisotopic (exact) mass is 446 g/mol. The highest BCUT2D eigenvalue weighted by atomic mass is 32.2. The van der Waals surface area contributed by atoms with Crippen LogP contribution in [0.15, 0.2) is 24.3 Å². The Balaban J connectivity index is 1.35. The first-order chi connectivity index (χ1) is 14.9. The number of benzene rings is 1. The Morgan fingerprint density at radius 3 is 2.74 bits per heavy atom. The summed E-state index contributed by atoms with van der Waals surface area (Å²) in [4.78, 5) is 15.0. The highest BCUT2D eigenvalue weighted by molar-refractivity contribution is 7.91. The maximum atomic E-state index is 13.2. The largest absolute Gasteiger partial charge is 0.486 e. The average molecular weight is 447 g/mol. The first kappa shape index (κ1) is 20.2. The second-order valence-electron chi connectivity index (χ2n) is 8.36. The molecule has 2 amide bonds. The van der Waals surface area contributed by atoms with Crippen molar-refractivity contribution in [3.05, 3.63) is 35.5 Å². The number of sulfone groups is 1. The molecular formula is C21H26N4O5S. The minimum absolute atomic E-state index is 0.0554. The molecule has 2 saturated heterocycles. The van der Waals surface area contributed by atoms with Gasteiger partial charge in [0.2, 0.25) is 0 Å². The summed E-state index contributed by atoms with van der Waals surface area (Å²) in [5.41, 5.74) is 1.76. The second-order valence-corrected chi connectivity index (χ2v) is 10.6. The fraction of sp³-hybridized carbons (Fsp3) is 0.524. The zero-order chi connectivity index (χ0) is 21.6. The molecule has 1 aromatic carbocycles. The van der Waals surface area contributed by atoms with Crippen molar-refractivity contribution in [1.82, 2.24) is 14.7 Å². The predicted molar refractivity (Wildman–Crippen MR) is 114 cm³/mol. The SMILES string of the molecule is Cc1cc(NC(=O)N2CCCC2c2ccc3c(c2)OCCO3)n(C2CCS(=O)(=O)C2)n1. The standard InChI is InChI=1S/C21H26N4O5S/c1-14-11-20(25(23-14)16-6-10-31(27,28)13-16)22-21(26)24-7-2-3-17(24)15-4-5-18-19(12-15)30-9-8-29-18/h4-5,11-12,16-17H,2-3,6-10,13H2,1H3,(H,22,26). The Hall–Kier alpha value is -2.75. The van der Waals surface area contributed by atoms with E-state index < -0.39 is 9.84 Å². The first-order valence-electron chi connectivity index (χ1n) is 10.6. The molecule has 3 aliphatic heterocycles. The normalized spacial score (nSPS) is 24.4. The Kier molecular flexibility index (Phi) is 5.04. The topological polar surface area (TPSA) is 103 Å². The molecule has 2 fully saturated rings. The molecule has 31 heavy (non-hydrogen) atoms. The summed E-state index contributed by atoms with van der Waals surface area (Å²) < 4.78 is 36.8. The number of carbonyl (C=O) groups excluding carboxylic acids is 1. The number of nitrogens with one attached hydrogen (secondary N) is 1. The van der Waals surface area contributed by atoms with E-state index >= 15 is 0 Å². The maximum absolute atomic E-state index is 13.2. The molecule has 0 spiro atoms. The Morgan fingerprint density at radius 2 is 1.97 bits per heavy atom. The molecule has 10 heteroatoms. The summed E-state index contributed by atoms with van der Waals surface area (Å²) in [6.45, 7) is 3.55. The molecule has 1 N–H and O–H groups in total. The first-order valence-corrected chi connectivity index (χ1v) is 12.5. The van der Waals surface area contributed by atoms with Crippen LogP contribution in [0.2, 0.25) is 0 Å². The molecule has 2 atom stereocenters. The minimum atomic E-state index is -3.05. The van der Waals surface area contributed by atoms with Crippen LogP contribution >= 0.6 is 0 Å². The number of likely N-dealkylation sites (tertiary alicyclic amines) is 1. The Bertz CT molecular complexity index is 1110. The molecule has 4 heterocycles. The van der Waals surface area contributed by atoms with Crippen LogP contribution in [0.5, 0.6) is 11.5 Å². The molecule has 1 aromatic heterocycles. The fourth-order valence-corrected chi connectivity index (χ4v) is 6.35. The van der Waals surface area contributed by atoms with Crippen molar-refractivity contribution < 1.29 is 22.7 Å². The van der Waals surface area contributed by atoms with Crippen LogP contribution in [0.3, 0.4) is 0 Å². The quantitative estimate of drug-likeness (QED) is 0.778. The van der Waals surface area contributed by atoms with Crippen molar-refractivity contribution in [3.8, 4) is 11.5 Å². The van der Waals surface area contributed by atoms with Crippen LogP contribution in [0.1, 0.15) is 42.6 Å². The number of rotatable bonds is 3. The lowest BCUT2D eigenvalue weighted by Gasteiger charge is -2.27. The Morgan fingerprint density at radius 1 is 1.16 bits per heavy atom. The van der Waals surface area contributed by atoms with E-state index in [4.69, 9.17) is 9.47 Å². The van der Waals surface area contributed by atoms with E-state index in [1.807, 2.05) is 30.0 Å². The number of anilines is 1. The lowest BCUT2D eigenvalue weighted by Crippen LogP contribution is -2.35. The van der Waals surface area contributed by atoms with Gasteiger partial charge in [-0.05, 0) is 43.9 Å². The van der Waals surface area contributed by atoms with Crippen molar-refractivity contribution in [1.29, 1.82) is 0 Å². The van der Waals surface area contributed by atoms with Crippen molar-refractivity contribution in [2.24, 2.45) is 0 Å². The van der Waals surface area contributed by atoms with Gasteiger partial charge in [-0.3, -0.25) is 5.32 Å². The molecule has 0 radical (unpaired) electrons. The van der Waals surface area contributed by atoms with Crippen molar-refractivity contribution in [2.45, 2.75) is 38.3 Å². The number of ether oxygens (including phenoxy) is 2. The van der Waals surface area contributed by atoms with Gasteiger partial charge in [0, 0.05) is 12.6 Å². The van der Waals surface area contributed by atoms with E-state index in [1.54, 1.807) is 10.7 Å². The van der Waals surface area contributed by atoms with Crippen molar-refractivity contribution >= 4 is 21.7 Å². The third kappa shape index (κ3) is 3.96. The summed E-state index contributed by atoms with van der Waals surface area (Å²) in [5, 5.41) is 7.43. The summed E-state index contributed by atoms with van der Waals surface area (Å²) in [5.74, 6) is 2.20. The fourth-order valence-electron chi connectivity index (χ4n) is 4.66. The lowest BCUT2D eigenvalue weighted by molar-refractivity contribution is 0.170. The molecule has 2 unspecified atom stereocenters. The highest BCUT2D eigenvalue weighted by Gasteiger charge is 2.34. The molecule has 3 aliphatic rings. The lowest BCUT2D eigenvalue weighted by atomic mass is 10.0. The van der Waals surface area contributed by atoms with E-state index in [0.29, 0.717) is 37.7 Å².